The van der Waals surface area contributed by atoms with Gasteiger partial charge in [-0.1, -0.05) is 31.4 Å². The van der Waals surface area contributed by atoms with E-state index in [1.165, 1.54) is 31.4 Å². The fourth-order valence-electron chi connectivity index (χ4n) is 2.65. The molecule has 2 rings (SSSR count). The molecule has 1 aliphatic rings. The van der Waals surface area contributed by atoms with Crippen LogP contribution in [0.1, 0.15) is 44.1 Å². The molecule has 0 saturated heterocycles. The second-order valence-electron chi connectivity index (χ2n) is 5.59. The summed E-state index contributed by atoms with van der Waals surface area (Å²) >= 11 is 0. The first kappa shape index (κ1) is 16.0. The number of primary sulfonamides is 1. The van der Waals surface area contributed by atoms with Gasteiger partial charge in [0.1, 0.15) is 0 Å². The van der Waals surface area contributed by atoms with Gasteiger partial charge in [0.2, 0.25) is 15.9 Å². The van der Waals surface area contributed by atoms with E-state index < -0.39 is 10.0 Å². The van der Waals surface area contributed by atoms with Crippen molar-refractivity contribution in [2.75, 3.05) is 0 Å². The zero-order chi connectivity index (χ0) is 15.3. The van der Waals surface area contributed by atoms with Crippen molar-refractivity contribution in [2.24, 2.45) is 5.14 Å². The third kappa shape index (κ3) is 5.13. The van der Waals surface area contributed by atoms with E-state index in [1.807, 2.05) is 0 Å². The largest absolute Gasteiger partial charge is 0.353 e. The summed E-state index contributed by atoms with van der Waals surface area (Å²) in [6.45, 7) is 0. The zero-order valence-electron chi connectivity index (χ0n) is 12.0. The summed E-state index contributed by atoms with van der Waals surface area (Å²) in [6, 6.07) is 6.69. The lowest BCUT2D eigenvalue weighted by Crippen LogP contribution is -2.36. The number of carbonyl (C=O) groups excluding carboxylic acids is 1. The molecule has 0 unspecified atom stereocenters. The first-order valence-corrected chi connectivity index (χ1v) is 8.91. The van der Waals surface area contributed by atoms with Crippen molar-refractivity contribution in [3.8, 4) is 0 Å². The molecule has 1 fully saturated rings. The van der Waals surface area contributed by atoms with Gasteiger partial charge in [0.25, 0.3) is 0 Å². The van der Waals surface area contributed by atoms with Crippen LogP contribution in [0.2, 0.25) is 0 Å². The summed E-state index contributed by atoms with van der Waals surface area (Å²) in [4.78, 5) is 12.0. The molecule has 0 atom stereocenters. The summed E-state index contributed by atoms with van der Waals surface area (Å²) in [5, 5.41) is 8.11. The normalized spacial score (nSPS) is 16.6. The van der Waals surface area contributed by atoms with E-state index in [4.69, 9.17) is 5.14 Å². The Morgan fingerprint density at radius 2 is 1.76 bits per heavy atom. The van der Waals surface area contributed by atoms with Crippen molar-refractivity contribution in [1.29, 1.82) is 0 Å². The number of rotatable bonds is 5. The SMILES string of the molecule is NS(=O)(=O)c1ccc(CCC(=O)NC2CCCCC2)cc1. The lowest BCUT2D eigenvalue weighted by molar-refractivity contribution is -0.121. The maximum atomic E-state index is 11.9. The molecule has 0 radical (unpaired) electrons. The fraction of sp³-hybridized carbons (Fsp3) is 0.533. The third-order valence-corrected chi connectivity index (χ3v) is 4.79. The lowest BCUT2D eigenvalue weighted by atomic mass is 9.95. The van der Waals surface area contributed by atoms with Gasteiger partial charge < -0.3 is 5.32 Å². The third-order valence-electron chi connectivity index (χ3n) is 3.86. The molecule has 1 saturated carbocycles. The Kier molecular flexibility index (Phi) is 5.36. The maximum absolute atomic E-state index is 11.9. The van der Waals surface area contributed by atoms with E-state index >= 15 is 0 Å². The summed E-state index contributed by atoms with van der Waals surface area (Å²) in [5.41, 5.74) is 0.932. The van der Waals surface area contributed by atoms with Crippen molar-refractivity contribution >= 4 is 15.9 Å². The van der Waals surface area contributed by atoms with E-state index in [9.17, 15) is 13.2 Å². The van der Waals surface area contributed by atoms with Crippen molar-refractivity contribution in [3.05, 3.63) is 29.8 Å². The second-order valence-corrected chi connectivity index (χ2v) is 7.15. The first-order valence-electron chi connectivity index (χ1n) is 7.36. The molecule has 1 aromatic rings. The van der Waals surface area contributed by atoms with Gasteiger partial charge in [0.05, 0.1) is 4.90 Å². The molecule has 0 aliphatic heterocycles. The fourth-order valence-corrected chi connectivity index (χ4v) is 3.17. The molecule has 0 heterocycles. The second kappa shape index (κ2) is 7.04. The quantitative estimate of drug-likeness (QED) is 0.867. The van der Waals surface area contributed by atoms with E-state index in [1.54, 1.807) is 12.1 Å². The summed E-state index contributed by atoms with van der Waals surface area (Å²) in [7, 11) is -3.65. The number of hydrogen-bond donors (Lipinski definition) is 2. The van der Waals surface area contributed by atoms with Crippen LogP contribution in [0.25, 0.3) is 0 Å². The molecule has 3 N–H and O–H groups in total. The van der Waals surface area contributed by atoms with Gasteiger partial charge in [-0.05, 0) is 37.0 Å². The Morgan fingerprint density at radius 1 is 1.14 bits per heavy atom. The number of nitrogens with two attached hydrogens (primary N) is 1. The van der Waals surface area contributed by atoms with Crippen molar-refractivity contribution < 1.29 is 13.2 Å². The number of aryl methyl sites for hydroxylation is 1. The number of sulfonamides is 1. The van der Waals surface area contributed by atoms with Crippen LogP contribution in [-0.2, 0) is 21.2 Å². The van der Waals surface area contributed by atoms with Crippen LogP contribution in [0.5, 0.6) is 0 Å². The smallest absolute Gasteiger partial charge is 0.238 e. The van der Waals surface area contributed by atoms with Crippen LogP contribution in [-0.4, -0.2) is 20.4 Å². The Bertz CT molecular complexity index is 575. The van der Waals surface area contributed by atoms with E-state index in [0.717, 1.165) is 18.4 Å². The minimum absolute atomic E-state index is 0.0671. The van der Waals surface area contributed by atoms with E-state index in [-0.39, 0.29) is 10.8 Å². The number of amides is 1. The van der Waals surface area contributed by atoms with Crippen LogP contribution < -0.4 is 10.5 Å². The van der Waals surface area contributed by atoms with Crippen LogP contribution in [0.4, 0.5) is 0 Å². The highest BCUT2D eigenvalue weighted by Crippen LogP contribution is 2.17. The molecule has 21 heavy (non-hydrogen) atoms. The number of hydrogen-bond acceptors (Lipinski definition) is 3. The standard InChI is InChI=1S/C15H22N2O3S/c16-21(19,20)14-9-6-12(7-10-14)8-11-15(18)17-13-4-2-1-3-5-13/h6-7,9-10,13H,1-5,8,11H2,(H,17,18)(H2,16,19,20). The molecular weight excluding hydrogens is 288 g/mol. The average Bonchev–Trinajstić information content (AvgIpc) is 2.46. The van der Waals surface area contributed by atoms with Gasteiger partial charge in [-0.25, -0.2) is 13.6 Å². The van der Waals surface area contributed by atoms with E-state index in [0.29, 0.717) is 18.9 Å². The molecule has 1 aromatic carbocycles. The molecule has 5 nitrogen and oxygen atoms in total. The molecule has 0 bridgehead atoms. The molecule has 0 spiro atoms. The first-order chi connectivity index (χ1) is 9.95. The van der Waals surface area contributed by atoms with Gasteiger partial charge in [-0.2, -0.15) is 0 Å². The van der Waals surface area contributed by atoms with Gasteiger partial charge in [-0.15, -0.1) is 0 Å². The summed E-state index contributed by atoms with van der Waals surface area (Å²) in [6.07, 6.45) is 6.83. The molecule has 1 amide bonds. The molecule has 6 heteroatoms. The Hall–Kier alpha value is -1.40. The summed E-state index contributed by atoms with van der Waals surface area (Å²) < 4.78 is 22.3. The Labute approximate surface area is 126 Å². The van der Waals surface area contributed by atoms with Crippen LogP contribution in [0, 0.1) is 0 Å². The average molecular weight is 310 g/mol. The highest BCUT2D eigenvalue weighted by Gasteiger charge is 2.15. The minimum atomic E-state index is -3.65. The molecular formula is C15H22N2O3S. The van der Waals surface area contributed by atoms with Crippen LogP contribution in [0.15, 0.2) is 29.2 Å². The van der Waals surface area contributed by atoms with E-state index in [2.05, 4.69) is 5.32 Å². The minimum Gasteiger partial charge on any atom is -0.353 e. The van der Waals surface area contributed by atoms with Gasteiger partial charge in [-0.3, -0.25) is 4.79 Å². The topological polar surface area (TPSA) is 89.3 Å². The predicted molar refractivity (Wildman–Crippen MR) is 81.2 cm³/mol. The van der Waals surface area contributed by atoms with Gasteiger partial charge in [0.15, 0.2) is 0 Å². The summed E-state index contributed by atoms with van der Waals surface area (Å²) in [5.74, 6) is 0.0671. The van der Waals surface area contributed by atoms with Crippen molar-refractivity contribution in [1.82, 2.24) is 5.32 Å². The van der Waals surface area contributed by atoms with Crippen LogP contribution in [0.3, 0.4) is 0 Å². The monoisotopic (exact) mass is 310 g/mol. The van der Waals surface area contributed by atoms with Gasteiger partial charge in [0, 0.05) is 12.5 Å². The number of nitrogens with one attached hydrogen (secondary N) is 1. The van der Waals surface area contributed by atoms with Crippen molar-refractivity contribution in [3.63, 3.8) is 0 Å². The maximum Gasteiger partial charge on any atom is 0.238 e. The van der Waals surface area contributed by atoms with Crippen molar-refractivity contribution in [2.45, 2.75) is 55.9 Å². The highest BCUT2D eigenvalue weighted by molar-refractivity contribution is 7.89. The number of benzene rings is 1. The zero-order valence-corrected chi connectivity index (χ0v) is 12.9. The van der Waals surface area contributed by atoms with Crippen LogP contribution >= 0.6 is 0 Å². The molecule has 116 valence electrons. The molecule has 1 aliphatic carbocycles. The highest BCUT2D eigenvalue weighted by atomic mass is 32.2. The number of carbonyl (C=O) groups is 1. The van der Waals surface area contributed by atoms with Gasteiger partial charge >= 0.3 is 0 Å². The lowest BCUT2D eigenvalue weighted by Gasteiger charge is -2.22. The predicted octanol–water partition coefficient (Wildman–Crippen LogP) is 1.72. The molecule has 0 aromatic heterocycles. The Balaban J connectivity index is 1.81. The Morgan fingerprint density at radius 3 is 2.33 bits per heavy atom.